The highest BCUT2D eigenvalue weighted by atomic mass is 19.1. The van der Waals surface area contributed by atoms with E-state index in [0.717, 1.165) is 6.07 Å². The fourth-order valence-corrected chi connectivity index (χ4v) is 1.34. The Balaban J connectivity index is 2.28. The van der Waals surface area contributed by atoms with E-state index >= 15 is 0 Å². The van der Waals surface area contributed by atoms with Crippen molar-refractivity contribution in [3.05, 3.63) is 35.6 Å². The van der Waals surface area contributed by atoms with Crippen LogP contribution in [0.5, 0.6) is 11.6 Å². The number of anilines is 2. The van der Waals surface area contributed by atoms with Crippen molar-refractivity contribution in [2.24, 2.45) is 5.84 Å². The fourth-order valence-electron chi connectivity index (χ4n) is 1.34. The van der Waals surface area contributed by atoms with Gasteiger partial charge in [0.1, 0.15) is 23.5 Å². The Bertz CT molecular complexity index is 654. The second-order valence-corrected chi connectivity index (χ2v) is 3.45. The summed E-state index contributed by atoms with van der Waals surface area (Å²) in [6, 6.07) is 6.92. The molecule has 0 radical (unpaired) electrons. The lowest BCUT2D eigenvalue weighted by Gasteiger charge is -2.07. The Kier molecular flexibility index (Phi) is 3.40. The van der Waals surface area contributed by atoms with Gasteiger partial charge in [-0.3, -0.25) is 0 Å². The number of nitrogens with zero attached hydrogens (tertiary/aromatic N) is 3. The van der Waals surface area contributed by atoms with E-state index in [1.54, 1.807) is 6.07 Å². The zero-order chi connectivity index (χ0) is 13.8. The number of benzene rings is 1. The Morgan fingerprint density at radius 1 is 1.32 bits per heavy atom. The van der Waals surface area contributed by atoms with Crippen LogP contribution >= 0.6 is 0 Å². The first-order valence-corrected chi connectivity index (χ1v) is 5.11. The molecule has 0 aliphatic rings. The SMILES string of the molecule is N#Cc1ccc(Oc2cc(NN)nc(N)n2)cc1F. The third-order valence-electron chi connectivity index (χ3n) is 2.15. The van der Waals surface area contributed by atoms with Crippen molar-refractivity contribution in [1.82, 2.24) is 9.97 Å². The first kappa shape index (κ1) is 12.5. The first-order chi connectivity index (χ1) is 9.12. The monoisotopic (exact) mass is 260 g/mol. The summed E-state index contributed by atoms with van der Waals surface area (Å²) in [5.74, 6) is 5.01. The molecule has 0 saturated carbocycles. The van der Waals surface area contributed by atoms with Crippen molar-refractivity contribution in [2.75, 3.05) is 11.2 Å². The van der Waals surface area contributed by atoms with Crippen LogP contribution in [0, 0.1) is 17.1 Å². The summed E-state index contributed by atoms with van der Waals surface area (Å²) < 4.78 is 18.7. The lowest BCUT2D eigenvalue weighted by Crippen LogP contribution is -2.10. The molecular weight excluding hydrogens is 251 g/mol. The van der Waals surface area contributed by atoms with Gasteiger partial charge in [0, 0.05) is 12.1 Å². The molecule has 0 atom stereocenters. The second-order valence-electron chi connectivity index (χ2n) is 3.45. The zero-order valence-electron chi connectivity index (χ0n) is 9.59. The van der Waals surface area contributed by atoms with Crippen molar-refractivity contribution in [3.63, 3.8) is 0 Å². The maximum absolute atomic E-state index is 13.4. The number of halogens is 1. The lowest BCUT2D eigenvalue weighted by atomic mass is 10.2. The normalized spacial score (nSPS) is 9.74. The smallest absolute Gasteiger partial charge is 0.226 e. The maximum Gasteiger partial charge on any atom is 0.226 e. The Labute approximate surface area is 107 Å². The number of nitrogens with two attached hydrogens (primary N) is 2. The molecular formula is C11H9FN6O. The quantitative estimate of drug-likeness (QED) is 0.558. The van der Waals surface area contributed by atoms with Gasteiger partial charge in [-0.05, 0) is 12.1 Å². The zero-order valence-corrected chi connectivity index (χ0v) is 9.59. The van der Waals surface area contributed by atoms with Crippen LogP contribution in [0.2, 0.25) is 0 Å². The predicted octanol–water partition coefficient (Wildman–Crippen LogP) is 1.15. The van der Waals surface area contributed by atoms with Gasteiger partial charge < -0.3 is 15.9 Å². The Morgan fingerprint density at radius 2 is 2.11 bits per heavy atom. The van der Waals surface area contributed by atoms with Crippen LogP contribution in [0.3, 0.4) is 0 Å². The van der Waals surface area contributed by atoms with Gasteiger partial charge in [-0.2, -0.15) is 15.2 Å². The van der Waals surface area contributed by atoms with Gasteiger partial charge >= 0.3 is 0 Å². The number of rotatable bonds is 3. The fraction of sp³-hybridized carbons (Fsp3) is 0. The van der Waals surface area contributed by atoms with E-state index in [1.165, 1.54) is 18.2 Å². The van der Waals surface area contributed by atoms with Crippen LogP contribution < -0.4 is 21.7 Å². The molecule has 1 heterocycles. The Hall–Kier alpha value is -2.92. The second kappa shape index (κ2) is 5.16. The van der Waals surface area contributed by atoms with Crippen LogP contribution in [0.15, 0.2) is 24.3 Å². The first-order valence-electron chi connectivity index (χ1n) is 5.11. The number of hydrazine groups is 1. The summed E-state index contributed by atoms with van der Waals surface area (Å²) in [6.07, 6.45) is 0. The van der Waals surface area contributed by atoms with E-state index in [9.17, 15) is 4.39 Å². The molecule has 8 heteroatoms. The average molecular weight is 260 g/mol. The van der Waals surface area contributed by atoms with E-state index in [4.69, 9.17) is 21.6 Å². The van der Waals surface area contributed by atoms with Crippen LogP contribution in [-0.2, 0) is 0 Å². The number of hydrogen-bond acceptors (Lipinski definition) is 7. The summed E-state index contributed by atoms with van der Waals surface area (Å²) in [5, 5.41) is 8.61. The van der Waals surface area contributed by atoms with Crippen LogP contribution in [0.4, 0.5) is 16.2 Å². The van der Waals surface area contributed by atoms with Crippen molar-refractivity contribution >= 4 is 11.8 Å². The van der Waals surface area contributed by atoms with Crippen molar-refractivity contribution in [3.8, 4) is 17.7 Å². The minimum atomic E-state index is -0.681. The highest BCUT2D eigenvalue weighted by Crippen LogP contribution is 2.23. The van der Waals surface area contributed by atoms with E-state index in [1.807, 2.05) is 0 Å². The van der Waals surface area contributed by atoms with Crippen molar-refractivity contribution in [2.45, 2.75) is 0 Å². The van der Waals surface area contributed by atoms with Crippen LogP contribution in [0.1, 0.15) is 5.56 Å². The molecule has 0 spiro atoms. The Morgan fingerprint density at radius 3 is 2.74 bits per heavy atom. The third kappa shape index (κ3) is 2.85. The van der Waals surface area contributed by atoms with Crippen LogP contribution in [-0.4, -0.2) is 9.97 Å². The highest BCUT2D eigenvalue weighted by molar-refractivity contribution is 5.44. The molecule has 1 aromatic carbocycles. The van der Waals surface area contributed by atoms with Gasteiger partial charge in [0.05, 0.1) is 5.56 Å². The molecule has 0 unspecified atom stereocenters. The van der Waals surface area contributed by atoms with Gasteiger partial charge in [-0.25, -0.2) is 10.2 Å². The molecule has 5 N–H and O–H groups in total. The molecule has 0 aliphatic heterocycles. The standard InChI is InChI=1S/C11H9FN6O/c12-8-3-7(2-1-6(8)5-13)19-10-4-9(18-15)16-11(14)17-10/h1-4H,15H2,(H3,14,16,17,18). The highest BCUT2D eigenvalue weighted by Gasteiger charge is 2.07. The molecule has 96 valence electrons. The molecule has 2 rings (SSSR count). The van der Waals surface area contributed by atoms with E-state index in [-0.39, 0.29) is 29.0 Å². The van der Waals surface area contributed by atoms with Gasteiger partial charge in [0.25, 0.3) is 0 Å². The summed E-state index contributed by atoms with van der Waals surface area (Å²) in [5.41, 5.74) is 7.67. The summed E-state index contributed by atoms with van der Waals surface area (Å²) in [4.78, 5) is 7.58. The van der Waals surface area contributed by atoms with E-state index < -0.39 is 5.82 Å². The number of nitriles is 1. The molecule has 7 nitrogen and oxygen atoms in total. The number of nitrogen functional groups attached to an aromatic ring is 2. The summed E-state index contributed by atoms with van der Waals surface area (Å²) in [6.45, 7) is 0. The maximum atomic E-state index is 13.4. The summed E-state index contributed by atoms with van der Waals surface area (Å²) >= 11 is 0. The summed E-state index contributed by atoms with van der Waals surface area (Å²) in [7, 11) is 0. The van der Waals surface area contributed by atoms with E-state index in [0.29, 0.717) is 0 Å². The molecule has 0 saturated heterocycles. The molecule has 2 aromatic rings. The van der Waals surface area contributed by atoms with E-state index in [2.05, 4.69) is 15.4 Å². The van der Waals surface area contributed by atoms with Gasteiger partial charge in [-0.15, -0.1) is 0 Å². The van der Waals surface area contributed by atoms with Gasteiger partial charge in [0.15, 0.2) is 0 Å². The minimum Gasteiger partial charge on any atom is -0.439 e. The number of nitrogens with one attached hydrogen (secondary N) is 1. The number of aromatic nitrogens is 2. The number of hydrogen-bond donors (Lipinski definition) is 3. The molecule has 19 heavy (non-hydrogen) atoms. The molecule has 0 aliphatic carbocycles. The topological polar surface area (TPSA) is 123 Å². The predicted molar refractivity (Wildman–Crippen MR) is 65.4 cm³/mol. The van der Waals surface area contributed by atoms with Crippen LogP contribution in [0.25, 0.3) is 0 Å². The van der Waals surface area contributed by atoms with Gasteiger partial charge in [-0.1, -0.05) is 0 Å². The van der Waals surface area contributed by atoms with Gasteiger partial charge in [0.2, 0.25) is 11.8 Å². The minimum absolute atomic E-state index is 0.0421. The average Bonchev–Trinajstić information content (AvgIpc) is 2.38. The molecule has 0 amide bonds. The number of ether oxygens (including phenoxy) is 1. The van der Waals surface area contributed by atoms with Crippen molar-refractivity contribution in [1.29, 1.82) is 5.26 Å². The molecule has 1 aromatic heterocycles. The molecule has 0 fully saturated rings. The molecule has 0 bridgehead atoms. The van der Waals surface area contributed by atoms with Crippen molar-refractivity contribution < 1.29 is 9.13 Å². The third-order valence-corrected chi connectivity index (χ3v) is 2.15. The largest absolute Gasteiger partial charge is 0.439 e. The lowest BCUT2D eigenvalue weighted by molar-refractivity contribution is 0.458.